The Morgan fingerprint density at radius 3 is 2.68 bits per heavy atom. The number of nitrogens with one attached hydrogen (secondary N) is 1. The first-order valence-electron chi connectivity index (χ1n) is 13.6. The minimum atomic E-state index is -1.48. The number of fused-ring (bicyclic) bond motifs is 1. The Labute approximate surface area is 240 Å². The van der Waals surface area contributed by atoms with Gasteiger partial charge in [-0.05, 0) is 70.9 Å². The zero-order valence-electron chi connectivity index (χ0n) is 23.8. The van der Waals surface area contributed by atoms with Crippen molar-refractivity contribution >= 4 is 27.5 Å². The molecule has 0 spiro atoms. The maximum atomic E-state index is 14.3. The maximum Gasteiger partial charge on any atom is 0.333 e. The number of benzene rings is 1. The fourth-order valence-electron chi connectivity index (χ4n) is 4.88. The summed E-state index contributed by atoms with van der Waals surface area (Å²) in [5.74, 6) is -0.0420. The molecule has 1 saturated heterocycles. The van der Waals surface area contributed by atoms with Crippen LogP contribution < -0.4 is 21.3 Å². The van der Waals surface area contributed by atoms with Crippen LogP contribution in [0.3, 0.4) is 0 Å². The third-order valence-electron chi connectivity index (χ3n) is 7.24. The molecule has 5 rings (SSSR count). The standard InChI is InChI=1S/C29H34FN5O5S/c1-17(2)32-27(37)29(4,5)35-24(36)23-18(3)25(34-11-6-10-31-34)41-26(23)33(28(35)38)12-9-20-13-21(30)7-8-22(20)40-16-19-14-39-15-19/h6-8,10-11,13,17,19H,9,12,14-16H2,1-5H3,(H,32,37). The number of nitrogens with zero attached hydrogens (tertiary/aromatic N) is 4. The van der Waals surface area contributed by atoms with Gasteiger partial charge in [-0.3, -0.25) is 14.2 Å². The molecule has 0 unspecified atom stereocenters. The Hall–Kier alpha value is -3.77. The molecule has 1 aliphatic heterocycles. The number of carbonyl (C=O) groups is 1. The summed E-state index contributed by atoms with van der Waals surface area (Å²) in [6, 6.07) is 5.93. The van der Waals surface area contributed by atoms with Gasteiger partial charge in [0.2, 0.25) is 5.91 Å². The van der Waals surface area contributed by atoms with Gasteiger partial charge in [-0.2, -0.15) is 5.10 Å². The van der Waals surface area contributed by atoms with E-state index in [9.17, 15) is 18.8 Å². The van der Waals surface area contributed by atoms with Crippen LogP contribution in [-0.4, -0.2) is 50.7 Å². The van der Waals surface area contributed by atoms with E-state index in [-0.39, 0.29) is 24.9 Å². The van der Waals surface area contributed by atoms with E-state index in [1.54, 1.807) is 50.0 Å². The summed E-state index contributed by atoms with van der Waals surface area (Å²) < 4.78 is 29.7. The highest BCUT2D eigenvalue weighted by Gasteiger charge is 2.35. The predicted octanol–water partition coefficient (Wildman–Crippen LogP) is 3.39. The second-order valence-corrected chi connectivity index (χ2v) is 12.1. The first-order valence-corrected chi connectivity index (χ1v) is 14.4. The second-order valence-electron chi connectivity index (χ2n) is 11.1. The van der Waals surface area contributed by atoms with Crippen molar-refractivity contribution in [3.63, 3.8) is 0 Å². The average molecular weight is 584 g/mol. The zero-order chi connectivity index (χ0) is 29.5. The summed E-state index contributed by atoms with van der Waals surface area (Å²) in [5.41, 5.74) is -1.40. The Kier molecular flexibility index (Phi) is 7.89. The van der Waals surface area contributed by atoms with Crippen molar-refractivity contribution in [1.82, 2.24) is 24.2 Å². The van der Waals surface area contributed by atoms with Gasteiger partial charge < -0.3 is 14.8 Å². The van der Waals surface area contributed by atoms with Crippen LogP contribution in [0, 0.1) is 18.7 Å². The number of halogens is 1. The molecule has 12 heteroatoms. The number of aryl methyl sites for hydroxylation is 3. The quantitative estimate of drug-likeness (QED) is 0.307. The predicted molar refractivity (Wildman–Crippen MR) is 155 cm³/mol. The second kappa shape index (κ2) is 11.2. The van der Waals surface area contributed by atoms with Crippen LogP contribution in [0.5, 0.6) is 5.75 Å². The van der Waals surface area contributed by atoms with Gasteiger partial charge in [0.05, 0.1) is 25.2 Å². The van der Waals surface area contributed by atoms with E-state index < -0.39 is 28.5 Å². The fraction of sp³-hybridized carbons (Fsp3) is 0.448. The smallest absolute Gasteiger partial charge is 0.333 e. The lowest BCUT2D eigenvalue weighted by molar-refractivity contribution is -0.129. The van der Waals surface area contributed by atoms with Gasteiger partial charge in [-0.15, -0.1) is 0 Å². The molecule has 0 saturated carbocycles. The molecule has 10 nitrogen and oxygen atoms in total. The topological polar surface area (TPSA) is 109 Å². The molecular formula is C29H34FN5O5S. The van der Waals surface area contributed by atoms with Gasteiger partial charge in [0, 0.05) is 36.5 Å². The molecule has 218 valence electrons. The molecule has 1 aromatic carbocycles. The molecule has 1 N–H and O–H groups in total. The summed E-state index contributed by atoms with van der Waals surface area (Å²) >= 11 is 1.27. The van der Waals surface area contributed by atoms with Crippen molar-refractivity contribution in [2.24, 2.45) is 5.92 Å². The summed E-state index contributed by atoms with van der Waals surface area (Å²) in [6.45, 7) is 10.4. The monoisotopic (exact) mass is 583 g/mol. The van der Waals surface area contributed by atoms with Crippen LogP contribution in [0.4, 0.5) is 4.39 Å². The molecule has 3 aromatic heterocycles. The fourth-order valence-corrected chi connectivity index (χ4v) is 6.14. The molecule has 1 amide bonds. The highest BCUT2D eigenvalue weighted by Crippen LogP contribution is 2.32. The SMILES string of the molecule is Cc1c(-n2cccn2)sc2c1c(=O)n(C(C)(C)C(=O)NC(C)C)c(=O)n2CCc1cc(F)ccc1OCC1COC1. The van der Waals surface area contributed by atoms with E-state index in [0.717, 1.165) is 4.57 Å². The lowest BCUT2D eigenvalue weighted by Crippen LogP contribution is -2.56. The molecular weight excluding hydrogens is 549 g/mol. The zero-order valence-corrected chi connectivity index (χ0v) is 24.6. The van der Waals surface area contributed by atoms with Crippen molar-refractivity contribution in [1.29, 1.82) is 0 Å². The average Bonchev–Trinajstić information content (AvgIpc) is 3.51. The van der Waals surface area contributed by atoms with Gasteiger partial charge in [-0.25, -0.2) is 18.4 Å². The third-order valence-corrected chi connectivity index (χ3v) is 8.55. The van der Waals surface area contributed by atoms with Crippen LogP contribution in [0.1, 0.15) is 38.8 Å². The minimum absolute atomic E-state index is 0.127. The van der Waals surface area contributed by atoms with Crippen LogP contribution >= 0.6 is 11.3 Å². The molecule has 0 atom stereocenters. The lowest BCUT2D eigenvalue weighted by Gasteiger charge is -2.28. The molecule has 0 radical (unpaired) electrons. The summed E-state index contributed by atoms with van der Waals surface area (Å²) in [6.07, 6.45) is 3.66. The number of hydrogen-bond acceptors (Lipinski definition) is 7. The highest BCUT2D eigenvalue weighted by atomic mass is 32.1. The van der Waals surface area contributed by atoms with E-state index in [1.165, 1.54) is 28.0 Å². The normalized spacial score (nSPS) is 14.0. The number of thiophene rings is 1. The Morgan fingerprint density at radius 1 is 1.29 bits per heavy atom. The van der Waals surface area contributed by atoms with Gasteiger partial charge in [-0.1, -0.05) is 11.3 Å². The van der Waals surface area contributed by atoms with Crippen molar-refractivity contribution in [3.8, 4) is 10.8 Å². The summed E-state index contributed by atoms with van der Waals surface area (Å²) in [7, 11) is 0. The van der Waals surface area contributed by atoms with Gasteiger partial charge in [0.1, 0.15) is 26.9 Å². The van der Waals surface area contributed by atoms with E-state index in [2.05, 4.69) is 10.4 Å². The van der Waals surface area contributed by atoms with Crippen molar-refractivity contribution in [2.75, 3.05) is 19.8 Å². The van der Waals surface area contributed by atoms with E-state index >= 15 is 0 Å². The van der Waals surface area contributed by atoms with Crippen molar-refractivity contribution in [3.05, 3.63) is 74.4 Å². The van der Waals surface area contributed by atoms with E-state index in [4.69, 9.17) is 9.47 Å². The van der Waals surface area contributed by atoms with Crippen molar-refractivity contribution in [2.45, 2.75) is 59.2 Å². The number of ether oxygens (including phenoxy) is 2. The molecule has 1 fully saturated rings. The highest BCUT2D eigenvalue weighted by molar-refractivity contribution is 7.21. The maximum absolute atomic E-state index is 14.3. The molecule has 0 bridgehead atoms. The Balaban J connectivity index is 1.63. The first-order chi connectivity index (χ1) is 19.5. The third kappa shape index (κ3) is 5.45. The van der Waals surface area contributed by atoms with Gasteiger partial charge in [0.25, 0.3) is 5.56 Å². The minimum Gasteiger partial charge on any atom is -0.493 e. The molecule has 4 heterocycles. The first kappa shape index (κ1) is 28.7. The number of amides is 1. The molecule has 0 aliphatic carbocycles. The van der Waals surface area contributed by atoms with Crippen LogP contribution in [-0.2, 0) is 28.0 Å². The number of rotatable bonds is 10. The van der Waals surface area contributed by atoms with E-state index in [1.807, 2.05) is 13.8 Å². The Bertz CT molecular complexity index is 1700. The van der Waals surface area contributed by atoms with E-state index in [0.29, 0.717) is 51.9 Å². The van der Waals surface area contributed by atoms with Gasteiger partial charge >= 0.3 is 5.69 Å². The number of aromatic nitrogens is 4. The molecule has 4 aromatic rings. The largest absolute Gasteiger partial charge is 0.493 e. The number of carbonyl (C=O) groups excluding carboxylic acids is 1. The lowest BCUT2D eigenvalue weighted by atomic mass is 10.0. The molecule has 1 aliphatic rings. The Morgan fingerprint density at radius 2 is 2.05 bits per heavy atom. The summed E-state index contributed by atoms with van der Waals surface area (Å²) in [5, 5.41) is 8.17. The van der Waals surface area contributed by atoms with Crippen LogP contribution in [0.25, 0.3) is 15.2 Å². The number of hydrogen-bond donors (Lipinski definition) is 1. The van der Waals surface area contributed by atoms with Crippen molar-refractivity contribution < 1.29 is 18.7 Å². The van der Waals surface area contributed by atoms with Gasteiger partial charge in [0.15, 0.2) is 0 Å². The van der Waals surface area contributed by atoms with Crippen LogP contribution in [0.2, 0.25) is 0 Å². The molecule has 41 heavy (non-hydrogen) atoms. The summed E-state index contributed by atoms with van der Waals surface area (Å²) in [4.78, 5) is 41.7. The van der Waals surface area contributed by atoms with Crippen LogP contribution in [0.15, 0.2) is 46.2 Å².